The van der Waals surface area contributed by atoms with Gasteiger partial charge in [0.05, 0.1) is 19.7 Å². The minimum absolute atomic E-state index is 0.0517. The summed E-state index contributed by atoms with van der Waals surface area (Å²) in [5.41, 5.74) is 1.03. The van der Waals surface area contributed by atoms with Gasteiger partial charge in [0, 0.05) is 32.7 Å². The third-order valence-corrected chi connectivity index (χ3v) is 4.94. The number of aromatic nitrogens is 3. The number of nitrogens with one attached hydrogen (secondary N) is 2. The molecule has 1 aliphatic heterocycles. The Labute approximate surface area is 159 Å². The van der Waals surface area contributed by atoms with Crippen molar-refractivity contribution in [2.75, 3.05) is 33.3 Å². The number of piperazine rings is 1. The van der Waals surface area contributed by atoms with Crippen LogP contribution in [0.4, 0.5) is 0 Å². The van der Waals surface area contributed by atoms with Crippen LogP contribution in [0.5, 0.6) is 5.75 Å². The number of ether oxygens (including phenoxy) is 1. The van der Waals surface area contributed by atoms with Gasteiger partial charge in [-0.2, -0.15) is 5.10 Å². The molecule has 8 nitrogen and oxygen atoms in total. The summed E-state index contributed by atoms with van der Waals surface area (Å²) in [6.45, 7) is 8.64. The van der Waals surface area contributed by atoms with Crippen LogP contribution in [-0.2, 0) is 17.9 Å². The van der Waals surface area contributed by atoms with Crippen LogP contribution in [0, 0.1) is 6.92 Å². The second-order valence-electron chi connectivity index (χ2n) is 6.89. The van der Waals surface area contributed by atoms with E-state index in [1.165, 1.54) is 0 Å². The van der Waals surface area contributed by atoms with Crippen molar-refractivity contribution in [1.29, 1.82) is 0 Å². The summed E-state index contributed by atoms with van der Waals surface area (Å²) < 4.78 is 5.22. The van der Waals surface area contributed by atoms with Crippen LogP contribution in [-0.4, -0.2) is 70.2 Å². The lowest BCUT2D eigenvalue weighted by atomic mass is 10.2. The fourth-order valence-corrected chi connectivity index (χ4v) is 3.25. The lowest BCUT2D eigenvalue weighted by molar-refractivity contribution is -0.126. The molecule has 1 atom stereocenters. The van der Waals surface area contributed by atoms with E-state index in [2.05, 4.69) is 30.3 Å². The van der Waals surface area contributed by atoms with Gasteiger partial charge >= 0.3 is 0 Å². The van der Waals surface area contributed by atoms with Crippen LogP contribution in [0.3, 0.4) is 0 Å². The first-order valence-electron chi connectivity index (χ1n) is 9.30. The molecule has 1 fully saturated rings. The molecule has 0 spiro atoms. The van der Waals surface area contributed by atoms with E-state index >= 15 is 0 Å². The third kappa shape index (κ3) is 5.27. The molecular formula is C19H28N6O2. The molecule has 2 N–H and O–H groups in total. The number of benzene rings is 1. The number of carbonyl (C=O) groups is 1. The molecule has 1 aromatic carbocycles. The van der Waals surface area contributed by atoms with Gasteiger partial charge in [-0.25, -0.2) is 4.98 Å². The number of amides is 1. The number of hydrogen-bond donors (Lipinski definition) is 2. The normalized spacial score (nSPS) is 16.9. The Morgan fingerprint density at radius 2 is 2.11 bits per heavy atom. The maximum atomic E-state index is 12.5. The average Bonchev–Trinajstić information content (AvgIpc) is 3.11. The smallest absolute Gasteiger partial charge is 0.237 e. The quantitative estimate of drug-likeness (QED) is 0.752. The lowest BCUT2D eigenvalue weighted by Gasteiger charge is -2.37. The number of H-pyrrole nitrogens is 1. The molecule has 1 unspecified atom stereocenters. The van der Waals surface area contributed by atoms with E-state index in [0.29, 0.717) is 6.54 Å². The zero-order valence-corrected chi connectivity index (χ0v) is 16.2. The maximum absolute atomic E-state index is 12.5. The number of methoxy groups -OCH3 is 1. The number of rotatable bonds is 7. The second-order valence-corrected chi connectivity index (χ2v) is 6.89. The topological polar surface area (TPSA) is 86.4 Å². The van der Waals surface area contributed by atoms with Crippen molar-refractivity contribution in [2.45, 2.75) is 33.0 Å². The van der Waals surface area contributed by atoms with Crippen LogP contribution in [0.1, 0.15) is 24.1 Å². The molecule has 0 saturated carbocycles. The summed E-state index contributed by atoms with van der Waals surface area (Å²) in [5.74, 6) is 2.51. The van der Waals surface area contributed by atoms with Crippen molar-refractivity contribution in [3.8, 4) is 5.75 Å². The SMILES string of the molecule is COc1cccc(CNC(=O)C(C)N2CCN(Cc3n[nH]c(C)n3)CC2)c1. The van der Waals surface area contributed by atoms with Gasteiger partial charge in [-0.1, -0.05) is 12.1 Å². The predicted molar refractivity (Wildman–Crippen MR) is 102 cm³/mol. The first kappa shape index (κ1) is 19.3. The van der Waals surface area contributed by atoms with Crippen molar-refractivity contribution >= 4 is 5.91 Å². The Morgan fingerprint density at radius 3 is 2.78 bits per heavy atom. The number of aromatic amines is 1. The van der Waals surface area contributed by atoms with Crippen LogP contribution >= 0.6 is 0 Å². The molecule has 1 saturated heterocycles. The third-order valence-electron chi connectivity index (χ3n) is 4.94. The van der Waals surface area contributed by atoms with Gasteiger partial charge in [-0.15, -0.1) is 0 Å². The summed E-state index contributed by atoms with van der Waals surface area (Å²) in [4.78, 5) is 21.4. The molecule has 1 aliphatic rings. The average molecular weight is 372 g/mol. The summed E-state index contributed by atoms with van der Waals surface area (Å²) in [7, 11) is 1.64. The monoisotopic (exact) mass is 372 g/mol. The highest BCUT2D eigenvalue weighted by atomic mass is 16.5. The van der Waals surface area contributed by atoms with E-state index in [-0.39, 0.29) is 11.9 Å². The zero-order chi connectivity index (χ0) is 19.2. The van der Waals surface area contributed by atoms with E-state index in [4.69, 9.17) is 4.74 Å². The molecule has 1 aromatic heterocycles. The van der Waals surface area contributed by atoms with Crippen molar-refractivity contribution < 1.29 is 9.53 Å². The second kappa shape index (κ2) is 8.96. The molecule has 1 amide bonds. The van der Waals surface area contributed by atoms with Gasteiger partial charge in [0.1, 0.15) is 11.6 Å². The summed E-state index contributed by atoms with van der Waals surface area (Å²) in [6, 6.07) is 7.60. The molecule has 0 radical (unpaired) electrons. The molecule has 2 aromatic rings. The Bertz CT molecular complexity index is 754. The standard InChI is InChI=1S/C19H28N6O2/c1-14(19(26)20-12-16-5-4-6-17(11-16)27-3)25-9-7-24(8-10-25)13-18-21-15(2)22-23-18/h4-6,11,14H,7-10,12-13H2,1-3H3,(H,20,26)(H,21,22,23). The first-order valence-corrected chi connectivity index (χ1v) is 9.30. The largest absolute Gasteiger partial charge is 0.497 e. The fraction of sp³-hybridized carbons (Fsp3) is 0.526. The van der Waals surface area contributed by atoms with Crippen LogP contribution < -0.4 is 10.1 Å². The summed E-state index contributed by atoms with van der Waals surface area (Å²) in [6.07, 6.45) is 0. The van der Waals surface area contributed by atoms with Gasteiger partial charge in [0.25, 0.3) is 0 Å². The van der Waals surface area contributed by atoms with Crippen molar-refractivity contribution in [3.05, 3.63) is 41.5 Å². The van der Waals surface area contributed by atoms with Gasteiger partial charge in [0.15, 0.2) is 5.82 Å². The fourth-order valence-electron chi connectivity index (χ4n) is 3.25. The van der Waals surface area contributed by atoms with E-state index in [9.17, 15) is 4.79 Å². The van der Waals surface area contributed by atoms with Crippen LogP contribution in [0.25, 0.3) is 0 Å². The van der Waals surface area contributed by atoms with Gasteiger partial charge in [-0.3, -0.25) is 19.7 Å². The van der Waals surface area contributed by atoms with Crippen molar-refractivity contribution in [1.82, 2.24) is 30.3 Å². The number of aryl methyl sites for hydroxylation is 1. The molecule has 27 heavy (non-hydrogen) atoms. The predicted octanol–water partition coefficient (Wildman–Crippen LogP) is 0.944. The Morgan fingerprint density at radius 1 is 1.33 bits per heavy atom. The Kier molecular flexibility index (Phi) is 6.41. The van der Waals surface area contributed by atoms with E-state index in [1.807, 2.05) is 38.1 Å². The molecule has 0 bridgehead atoms. The summed E-state index contributed by atoms with van der Waals surface area (Å²) in [5, 5.41) is 10.1. The highest BCUT2D eigenvalue weighted by Crippen LogP contribution is 2.13. The van der Waals surface area contributed by atoms with E-state index in [0.717, 1.165) is 55.7 Å². The Balaban J connectivity index is 1.43. The molecule has 3 rings (SSSR count). The minimum atomic E-state index is -0.150. The van der Waals surface area contributed by atoms with Crippen molar-refractivity contribution in [3.63, 3.8) is 0 Å². The highest BCUT2D eigenvalue weighted by molar-refractivity contribution is 5.81. The lowest BCUT2D eigenvalue weighted by Crippen LogP contribution is -2.53. The number of hydrogen-bond acceptors (Lipinski definition) is 6. The highest BCUT2D eigenvalue weighted by Gasteiger charge is 2.25. The molecule has 2 heterocycles. The van der Waals surface area contributed by atoms with E-state index in [1.54, 1.807) is 7.11 Å². The number of nitrogens with zero attached hydrogens (tertiary/aromatic N) is 4. The first-order chi connectivity index (χ1) is 13.0. The van der Waals surface area contributed by atoms with E-state index < -0.39 is 0 Å². The molecule has 146 valence electrons. The van der Waals surface area contributed by atoms with Gasteiger partial charge in [0.2, 0.25) is 5.91 Å². The van der Waals surface area contributed by atoms with Crippen molar-refractivity contribution in [2.24, 2.45) is 0 Å². The zero-order valence-electron chi connectivity index (χ0n) is 16.2. The number of carbonyl (C=O) groups excluding carboxylic acids is 1. The molecule has 0 aliphatic carbocycles. The van der Waals surface area contributed by atoms with Crippen LogP contribution in [0.2, 0.25) is 0 Å². The molecule has 8 heteroatoms. The van der Waals surface area contributed by atoms with Gasteiger partial charge < -0.3 is 10.1 Å². The summed E-state index contributed by atoms with van der Waals surface area (Å²) >= 11 is 0. The minimum Gasteiger partial charge on any atom is -0.497 e. The van der Waals surface area contributed by atoms with Crippen LogP contribution in [0.15, 0.2) is 24.3 Å². The maximum Gasteiger partial charge on any atom is 0.237 e. The Hall–Kier alpha value is -2.45. The van der Waals surface area contributed by atoms with Gasteiger partial charge in [-0.05, 0) is 31.5 Å². The molecular weight excluding hydrogens is 344 g/mol.